The Kier molecular flexibility index (Phi) is 2.68. The molecule has 0 aliphatic carbocycles. The Bertz CT molecular complexity index is 203. The number of nitrogens with one attached hydrogen (secondary N) is 1. The zero-order chi connectivity index (χ0) is 9.03. The first kappa shape index (κ1) is 9.03. The van der Waals surface area contributed by atoms with Crippen LogP contribution in [-0.4, -0.2) is 30.7 Å². The summed E-state index contributed by atoms with van der Waals surface area (Å²) in [5.74, 6) is 0. The molecule has 0 amide bonds. The molecule has 0 unspecified atom stereocenters. The van der Waals surface area contributed by atoms with Crippen molar-refractivity contribution in [3.05, 3.63) is 0 Å². The van der Waals surface area contributed by atoms with Crippen LogP contribution in [0.2, 0.25) is 0 Å². The van der Waals surface area contributed by atoms with Gasteiger partial charge in [0, 0.05) is 0 Å². The summed E-state index contributed by atoms with van der Waals surface area (Å²) in [6, 6.07) is 0. The number of oxime groups is 1. The summed E-state index contributed by atoms with van der Waals surface area (Å²) in [6.07, 6.45) is 1.69. The van der Waals surface area contributed by atoms with E-state index in [0.29, 0.717) is 6.54 Å². The highest BCUT2D eigenvalue weighted by Gasteiger charge is 2.11. The minimum atomic E-state index is -0.214. The van der Waals surface area contributed by atoms with Crippen LogP contribution in [0.1, 0.15) is 20.8 Å². The molecule has 0 spiro atoms. The molecule has 0 atom stereocenters. The van der Waals surface area contributed by atoms with Gasteiger partial charge in [-0.3, -0.25) is 4.99 Å². The van der Waals surface area contributed by atoms with Crippen LogP contribution in [0.5, 0.6) is 0 Å². The smallest absolute Gasteiger partial charge is 0.129 e. The molecule has 0 bridgehead atoms. The van der Waals surface area contributed by atoms with Crippen molar-refractivity contribution in [2.45, 2.75) is 26.4 Å². The first-order chi connectivity index (χ1) is 5.58. The molecule has 0 saturated carbocycles. The lowest BCUT2D eigenvalue weighted by atomic mass is 10.2. The molecule has 1 heterocycles. The largest absolute Gasteiger partial charge is 0.390 e. The fraction of sp³-hybridized carbons (Fsp3) is 0.750. The van der Waals surface area contributed by atoms with Crippen LogP contribution in [0.3, 0.4) is 0 Å². The first-order valence-electron chi connectivity index (χ1n) is 4.03. The molecule has 12 heavy (non-hydrogen) atoms. The van der Waals surface area contributed by atoms with E-state index in [1.165, 1.54) is 0 Å². The van der Waals surface area contributed by atoms with E-state index in [2.05, 4.69) is 15.5 Å². The predicted octanol–water partition coefficient (Wildman–Crippen LogP) is 0.789. The second-order valence-electron chi connectivity index (χ2n) is 3.71. The minimum absolute atomic E-state index is 0.214. The molecule has 0 radical (unpaired) electrons. The fourth-order valence-corrected chi connectivity index (χ4v) is 0.698. The molecular weight excluding hydrogens is 154 g/mol. The SMILES string of the molecule is CC(C)(C)ON=C1CN=CNC1. The third-order valence-electron chi connectivity index (χ3n) is 1.21. The van der Waals surface area contributed by atoms with Gasteiger partial charge in [0.05, 0.1) is 25.1 Å². The van der Waals surface area contributed by atoms with Crippen LogP contribution >= 0.6 is 0 Å². The lowest BCUT2D eigenvalue weighted by Crippen LogP contribution is -2.29. The zero-order valence-corrected chi connectivity index (χ0v) is 7.79. The van der Waals surface area contributed by atoms with Gasteiger partial charge in [0.1, 0.15) is 5.60 Å². The van der Waals surface area contributed by atoms with Gasteiger partial charge < -0.3 is 10.2 Å². The molecule has 68 valence electrons. The summed E-state index contributed by atoms with van der Waals surface area (Å²) in [5, 5.41) is 6.96. The highest BCUT2D eigenvalue weighted by atomic mass is 16.6. The van der Waals surface area contributed by atoms with E-state index in [9.17, 15) is 0 Å². The van der Waals surface area contributed by atoms with E-state index in [-0.39, 0.29) is 5.60 Å². The lowest BCUT2D eigenvalue weighted by Gasteiger charge is -2.17. The van der Waals surface area contributed by atoms with Crippen LogP contribution in [-0.2, 0) is 4.84 Å². The normalized spacial score (nSPS) is 20.8. The summed E-state index contributed by atoms with van der Waals surface area (Å²) in [7, 11) is 0. The van der Waals surface area contributed by atoms with Gasteiger partial charge in [-0.1, -0.05) is 5.16 Å². The van der Waals surface area contributed by atoms with Crippen LogP contribution in [0.25, 0.3) is 0 Å². The number of nitrogens with zero attached hydrogens (tertiary/aromatic N) is 2. The maximum absolute atomic E-state index is 5.24. The Morgan fingerprint density at radius 2 is 2.33 bits per heavy atom. The number of hydrogen-bond donors (Lipinski definition) is 1. The van der Waals surface area contributed by atoms with Crippen molar-refractivity contribution >= 4 is 12.1 Å². The van der Waals surface area contributed by atoms with Gasteiger partial charge >= 0.3 is 0 Å². The monoisotopic (exact) mass is 169 g/mol. The summed E-state index contributed by atoms with van der Waals surface area (Å²) >= 11 is 0. The van der Waals surface area contributed by atoms with Crippen molar-refractivity contribution < 1.29 is 4.84 Å². The van der Waals surface area contributed by atoms with E-state index in [1.54, 1.807) is 6.34 Å². The third-order valence-corrected chi connectivity index (χ3v) is 1.21. The van der Waals surface area contributed by atoms with E-state index < -0.39 is 0 Å². The second-order valence-corrected chi connectivity index (χ2v) is 3.71. The quantitative estimate of drug-likeness (QED) is 0.590. The molecule has 4 nitrogen and oxygen atoms in total. The van der Waals surface area contributed by atoms with Gasteiger partial charge in [0.15, 0.2) is 0 Å². The Labute approximate surface area is 72.7 Å². The Balaban J connectivity index is 2.41. The molecule has 0 aromatic heterocycles. The summed E-state index contributed by atoms with van der Waals surface area (Å²) in [6.45, 7) is 7.28. The molecule has 0 fully saturated rings. The minimum Gasteiger partial charge on any atom is -0.390 e. The molecule has 1 aliphatic heterocycles. The van der Waals surface area contributed by atoms with Crippen molar-refractivity contribution in [2.24, 2.45) is 10.1 Å². The molecule has 4 heteroatoms. The number of aliphatic imine (C=N–C) groups is 1. The summed E-state index contributed by atoms with van der Waals surface area (Å²) < 4.78 is 0. The van der Waals surface area contributed by atoms with Crippen molar-refractivity contribution in [2.75, 3.05) is 13.1 Å². The Morgan fingerprint density at radius 1 is 1.58 bits per heavy atom. The van der Waals surface area contributed by atoms with Gasteiger partial charge in [-0.25, -0.2) is 0 Å². The van der Waals surface area contributed by atoms with Crippen molar-refractivity contribution in [3.63, 3.8) is 0 Å². The van der Waals surface area contributed by atoms with E-state index in [0.717, 1.165) is 12.3 Å². The van der Waals surface area contributed by atoms with Gasteiger partial charge in [0.2, 0.25) is 0 Å². The summed E-state index contributed by atoms with van der Waals surface area (Å²) in [4.78, 5) is 9.26. The zero-order valence-electron chi connectivity index (χ0n) is 7.79. The van der Waals surface area contributed by atoms with Gasteiger partial charge in [-0.2, -0.15) is 0 Å². The molecule has 0 saturated heterocycles. The molecular formula is C8H15N3O. The van der Waals surface area contributed by atoms with Gasteiger partial charge in [-0.15, -0.1) is 0 Å². The molecule has 1 N–H and O–H groups in total. The van der Waals surface area contributed by atoms with Gasteiger partial charge in [-0.05, 0) is 20.8 Å². The van der Waals surface area contributed by atoms with Crippen LogP contribution in [0.15, 0.2) is 10.1 Å². The average Bonchev–Trinajstić information content (AvgIpc) is 2.02. The average molecular weight is 169 g/mol. The second kappa shape index (κ2) is 3.56. The van der Waals surface area contributed by atoms with Gasteiger partial charge in [0.25, 0.3) is 0 Å². The fourth-order valence-electron chi connectivity index (χ4n) is 0.698. The topological polar surface area (TPSA) is 46.0 Å². The Morgan fingerprint density at radius 3 is 2.83 bits per heavy atom. The third kappa shape index (κ3) is 3.37. The van der Waals surface area contributed by atoms with Crippen LogP contribution in [0.4, 0.5) is 0 Å². The molecule has 1 rings (SSSR count). The van der Waals surface area contributed by atoms with Crippen molar-refractivity contribution in [1.29, 1.82) is 0 Å². The number of hydrogen-bond acceptors (Lipinski definition) is 4. The van der Waals surface area contributed by atoms with E-state index in [1.807, 2.05) is 20.8 Å². The van der Waals surface area contributed by atoms with E-state index >= 15 is 0 Å². The molecule has 0 aromatic rings. The van der Waals surface area contributed by atoms with Crippen LogP contribution < -0.4 is 5.32 Å². The Hall–Kier alpha value is -1.06. The maximum Gasteiger partial charge on any atom is 0.129 e. The highest BCUT2D eigenvalue weighted by molar-refractivity contribution is 5.92. The number of rotatable bonds is 1. The summed E-state index contributed by atoms with van der Waals surface area (Å²) in [5.41, 5.74) is 0.723. The standard InChI is InChI=1S/C8H15N3O/c1-8(2,3)12-11-7-4-9-6-10-5-7/h6H,4-5H2,1-3H3,(H,9,10). The van der Waals surface area contributed by atoms with E-state index in [4.69, 9.17) is 4.84 Å². The van der Waals surface area contributed by atoms with Crippen molar-refractivity contribution in [3.8, 4) is 0 Å². The van der Waals surface area contributed by atoms with Crippen LogP contribution in [0, 0.1) is 0 Å². The molecule has 0 aromatic carbocycles. The predicted molar refractivity (Wildman–Crippen MR) is 49.6 cm³/mol. The highest BCUT2D eigenvalue weighted by Crippen LogP contribution is 2.07. The maximum atomic E-state index is 5.24. The lowest BCUT2D eigenvalue weighted by molar-refractivity contribution is 0.000484. The van der Waals surface area contributed by atoms with Crippen molar-refractivity contribution in [1.82, 2.24) is 5.32 Å². The molecule has 1 aliphatic rings. The first-order valence-corrected chi connectivity index (χ1v) is 4.03.